The molecule has 0 aliphatic rings. The van der Waals surface area contributed by atoms with Gasteiger partial charge in [-0.25, -0.2) is 14.5 Å². The lowest BCUT2D eigenvalue weighted by Crippen LogP contribution is -2.17. The molecule has 138 valence electrons. The van der Waals surface area contributed by atoms with Gasteiger partial charge in [0.15, 0.2) is 0 Å². The van der Waals surface area contributed by atoms with E-state index in [9.17, 15) is 9.18 Å². The third kappa shape index (κ3) is 4.72. The van der Waals surface area contributed by atoms with Crippen molar-refractivity contribution in [3.63, 3.8) is 0 Å². The van der Waals surface area contributed by atoms with E-state index in [1.165, 1.54) is 30.5 Å². The van der Waals surface area contributed by atoms with Crippen LogP contribution in [0.5, 0.6) is 0 Å². The fraction of sp³-hybridized carbons (Fsp3) is 0.105. The van der Waals surface area contributed by atoms with Gasteiger partial charge in [0.05, 0.1) is 24.0 Å². The van der Waals surface area contributed by atoms with Gasteiger partial charge in [0.25, 0.3) is 5.91 Å². The summed E-state index contributed by atoms with van der Waals surface area (Å²) in [6, 6.07) is 12.6. The molecule has 27 heavy (non-hydrogen) atoms. The van der Waals surface area contributed by atoms with E-state index in [1.807, 2.05) is 12.1 Å². The summed E-state index contributed by atoms with van der Waals surface area (Å²) in [5.74, 6) is -0.862. The van der Waals surface area contributed by atoms with Gasteiger partial charge in [-0.3, -0.25) is 4.79 Å². The predicted octanol–water partition coefficient (Wildman–Crippen LogP) is 4.45. The summed E-state index contributed by atoms with van der Waals surface area (Å²) >= 11 is 12.3. The van der Waals surface area contributed by atoms with Crippen molar-refractivity contribution < 1.29 is 9.18 Å². The number of hydrogen-bond donors (Lipinski definition) is 1. The monoisotopic (exact) mass is 404 g/mol. The lowest BCUT2D eigenvalue weighted by Gasteiger charge is -2.03. The highest BCUT2D eigenvalue weighted by atomic mass is 35.5. The smallest absolute Gasteiger partial charge is 0.267 e. The first-order valence-corrected chi connectivity index (χ1v) is 8.76. The van der Waals surface area contributed by atoms with E-state index in [1.54, 1.807) is 23.7 Å². The van der Waals surface area contributed by atoms with Crippen LogP contribution in [0.2, 0.25) is 10.2 Å². The molecular weight excluding hydrogens is 390 g/mol. The summed E-state index contributed by atoms with van der Waals surface area (Å²) in [5, 5.41) is 9.38. The molecule has 1 heterocycles. The first-order valence-electron chi connectivity index (χ1n) is 8.00. The lowest BCUT2D eigenvalue weighted by atomic mass is 10.2. The van der Waals surface area contributed by atoms with Crippen LogP contribution >= 0.6 is 23.2 Å². The van der Waals surface area contributed by atoms with Crippen LogP contribution in [0.25, 0.3) is 0 Å². The Hall–Kier alpha value is -2.70. The number of amides is 1. The minimum atomic E-state index is -0.450. The van der Waals surface area contributed by atoms with Crippen molar-refractivity contribution >= 4 is 35.3 Å². The van der Waals surface area contributed by atoms with E-state index in [0.717, 1.165) is 5.56 Å². The summed E-state index contributed by atoms with van der Waals surface area (Å²) in [5.41, 5.74) is 4.96. The van der Waals surface area contributed by atoms with Crippen LogP contribution in [-0.2, 0) is 6.54 Å². The van der Waals surface area contributed by atoms with Crippen LogP contribution in [0.15, 0.2) is 53.6 Å². The van der Waals surface area contributed by atoms with Crippen molar-refractivity contribution in [2.45, 2.75) is 13.5 Å². The number of carbonyl (C=O) groups is 1. The van der Waals surface area contributed by atoms with Gasteiger partial charge in [0, 0.05) is 10.6 Å². The molecule has 0 bridgehead atoms. The molecule has 0 spiro atoms. The third-order valence-electron chi connectivity index (χ3n) is 3.82. The standard InChI is InChI=1S/C19H15Cl2FN4O/c1-12-17(10-23-24-19(27)14-4-8-16(22)9-5-14)18(21)26(25-12)11-13-2-6-15(20)7-3-13/h2-10H,11H2,1H3,(H,24,27)/b23-10+. The molecule has 8 heteroatoms. The quantitative estimate of drug-likeness (QED) is 0.504. The summed E-state index contributed by atoms with van der Waals surface area (Å²) in [6.07, 6.45) is 1.43. The van der Waals surface area contributed by atoms with Gasteiger partial charge in [-0.2, -0.15) is 10.2 Å². The van der Waals surface area contributed by atoms with E-state index in [4.69, 9.17) is 23.2 Å². The van der Waals surface area contributed by atoms with Crippen LogP contribution in [0.3, 0.4) is 0 Å². The second-order valence-corrected chi connectivity index (χ2v) is 6.57. The predicted molar refractivity (Wildman–Crippen MR) is 104 cm³/mol. The Morgan fingerprint density at radius 3 is 2.52 bits per heavy atom. The third-order valence-corrected chi connectivity index (χ3v) is 4.47. The topological polar surface area (TPSA) is 59.3 Å². The van der Waals surface area contributed by atoms with Crippen LogP contribution in [0, 0.1) is 12.7 Å². The molecule has 5 nitrogen and oxygen atoms in total. The minimum Gasteiger partial charge on any atom is -0.267 e. The van der Waals surface area contributed by atoms with Gasteiger partial charge >= 0.3 is 0 Å². The van der Waals surface area contributed by atoms with Gasteiger partial charge in [-0.15, -0.1) is 0 Å². The molecule has 0 atom stereocenters. The highest BCUT2D eigenvalue weighted by molar-refractivity contribution is 6.32. The zero-order chi connectivity index (χ0) is 19.4. The first-order chi connectivity index (χ1) is 12.9. The van der Waals surface area contributed by atoms with Crippen molar-refractivity contribution in [2.24, 2.45) is 5.10 Å². The minimum absolute atomic E-state index is 0.301. The van der Waals surface area contributed by atoms with Crippen LogP contribution < -0.4 is 5.43 Å². The number of carbonyl (C=O) groups excluding carboxylic acids is 1. The first kappa shape index (κ1) is 19.1. The number of rotatable bonds is 5. The molecule has 0 radical (unpaired) electrons. The largest absolute Gasteiger partial charge is 0.271 e. The Balaban J connectivity index is 1.70. The van der Waals surface area contributed by atoms with Gasteiger partial charge in [-0.05, 0) is 48.9 Å². The van der Waals surface area contributed by atoms with Crippen molar-refractivity contribution in [3.8, 4) is 0 Å². The van der Waals surface area contributed by atoms with Crippen LogP contribution in [0.1, 0.15) is 27.2 Å². The Kier molecular flexibility index (Phi) is 5.88. The van der Waals surface area contributed by atoms with Crippen LogP contribution in [0.4, 0.5) is 4.39 Å². The van der Waals surface area contributed by atoms with E-state index >= 15 is 0 Å². The van der Waals surface area contributed by atoms with E-state index in [2.05, 4.69) is 15.6 Å². The molecule has 0 aliphatic heterocycles. The average molecular weight is 405 g/mol. The molecule has 3 aromatic rings. The number of hydrogen-bond acceptors (Lipinski definition) is 3. The number of nitrogens with one attached hydrogen (secondary N) is 1. The fourth-order valence-electron chi connectivity index (χ4n) is 2.40. The molecule has 3 rings (SSSR count). The zero-order valence-electron chi connectivity index (χ0n) is 14.3. The molecule has 0 fully saturated rings. The van der Waals surface area contributed by atoms with Crippen molar-refractivity contribution in [2.75, 3.05) is 0 Å². The molecule has 0 aliphatic carbocycles. The molecule has 1 aromatic heterocycles. The van der Waals surface area contributed by atoms with Crippen molar-refractivity contribution in [3.05, 3.63) is 86.9 Å². The molecule has 0 saturated heterocycles. The Bertz CT molecular complexity index is 982. The number of aryl methyl sites for hydroxylation is 1. The summed E-state index contributed by atoms with van der Waals surface area (Å²) in [4.78, 5) is 12.0. The van der Waals surface area contributed by atoms with E-state index in [0.29, 0.717) is 33.5 Å². The van der Waals surface area contributed by atoms with E-state index in [-0.39, 0.29) is 0 Å². The number of aromatic nitrogens is 2. The average Bonchev–Trinajstić information content (AvgIpc) is 2.91. The van der Waals surface area contributed by atoms with Crippen molar-refractivity contribution in [1.29, 1.82) is 0 Å². The number of nitrogens with zero attached hydrogens (tertiary/aromatic N) is 3. The number of benzene rings is 2. The second-order valence-electron chi connectivity index (χ2n) is 5.78. The summed E-state index contributed by atoms with van der Waals surface area (Å²) < 4.78 is 14.5. The maximum Gasteiger partial charge on any atom is 0.271 e. The molecule has 2 aromatic carbocycles. The highest BCUT2D eigenvalue weighted by Gasteiger charge is 2.12. The second kappa shape index (κ2) is 8.33. The van der Waals surface area contributed by atoms with Gasteiger partial charge in [0.1, 0.15) is 11.0 Å². The maximum atomic E-state index is 12.9. The van der Waals surface area contributed by atoms with Gasteiger partial charge in [-0.1, -0.05) is 35.3 Å². The SMILES string of the molecule is Cc1nn(Cc2ccc(Cl)cc2)c(Cl)c1/C=N/NC(=O)c1ccc(F)cc1. The molecule has 0 unspecified atom stereocenters. The van der Waals surface area contributed by atoms with Crippen LogP contribution in [-0.4, -0.2) is 21.9 Å². The highest BCUT2D eigenvalue weighted by Crippen LogP contribution is 2.20. The Morgan fingerprint density at radius 2 is 1.85 bits per heavy atom. The molecule has 0 saturated carbocycles. The lowest BCUT2D eigenvalue weighted by molar-refractivity contribution is 0.0955. The number of hydrazone groups is 1. The summed E-state index contributed by atoms with van der Waals surface area (Å²) in [7, 11) is 0. The number of halogens is 3. The van der Waals surface area contributed by atoms with Gasteiger partial charge < -0.3 is 0 Å². The fourth-order valence-corrected chi connectivity index (χ4v) is 2.81. The molecule has 1 amide bonds. The Morgan fingerprint density at radius 1 is 1.19 bits per heavy atom. The normalized spacial score (nSPS) is 11.1. The zero-order valence-corrected chi connectivity index (χ0v) is 15.8. The maximum absolute atomic E-state index is 12.9. The van der Waals surface area contributed by atoms with Crippen molar-refractivity contribution in [1.82, 2.24) is 15.2 Å². The Labute approximate surface area is 165 Å². The summed E-state index contributed by atoms with van der Waals surface area (Å²) in [6.45, 7) is 2.28. The van der Waals surface area contributed by atoms with E-state index < -0.39 is 11.7 Å². The molecular formula is C19H15Cl2FN4O. The molecule has 1 N–H and O–H groups in total. The van der Waals surface area contributed by atoms with Gasteiger partial charge in [0.2, 0.25) is 0 Å².